The molecule has 182 valence electrons. The number of hydrogen-bond acceptors (Lipinski definition) is 6. The Morgan fingerprint density at radius 2 is 1.83 bits per heavy atom. The van der Waals surface area contributed by atoms with Crippen LogP contribution in [0.2, 0.25) is 0 Å². The van der Waals surface area contributed by atoms with Crippen molar-refractivity contribution in [2.45, 2.75) is 39.7 Å². The molecule has 0 bridgehead atoms. The molecule has 8 heteroatoms. The second-order valence-corrected chi connectivity index (χ2v) is 9.28. The van der Waals surface area contributed by atoms with E-state index in [1.807, 2.05) is 62.6 Å². The van der Waals surface area contributed by atoms with Crippen molar-refractivity contribution in [3.8, 4) is 11.3 Å². The van der Waals surface area contributed by atoms with Gasteiger partial charge >= 0.3 is 5.97 Å². The summed E-state index contributed by atoms with van der Waals surface area (Å²) in [5.41, 5.74) is 4.09. The molecule has 5 rings (SSSR count). The van der Waals surface area contributed by atoms with Crippen molar-refractivity contribution in [1.82, 2.24) is 14.6 Å². The maximum atomic E-state index is 13.2. The number of carboxylic acids is 1. The van der Waals surface area contributed by atoms with Crippen molar-refractivity contribution in [2.24, 2.45) is 0 Å². The molecule has 36 heavy (non-hydrogen) atoms. The third-order valence-corrected chi connectivity index (χ3v) is 6.23. The van der Waals surface area contributed by atoms with Crippen molar-refractivity contribution in [3.63, 3.8) is 0 Å². The Labute approximate surface area is 207 Å². The molecule has 1 atom stereocenters. The van der Waals surface area contributed by atoms with Crippen LogP contribution in [-0.2, 0) is 0 Å². The zero-order chi connectivity index (χ0) is 25.6. The van der Waals surface area contributed by atoms with Gasteiger partial charge < -0.3 is 14.8 Å². The minimum Gasteiger partial charge on any atom is -0.478 e. The number of nitrogens with one attached hydrogen (secondary N) is 1. The summed E-state index contributed by atoms with van der Waals surface area (Å²) in [6, 6.07) is 15.4. The van der Waals surface area contributed by atoms with Gasteiger partial charge in [-0.1, -0.05) is 32.0 Å². The SMILES string of the molecule is Cc1cc([C@@H](C)Nc2ccccc2C(=O)O)c2oc(-c3ccc4nnc(C(C)C)n4c3)cc(=O)c2c1. The molecule has 3 aromatic heterocycles. The first-order valence-electron chi connectivity index (χ1n) is 11.7. The van der Waals surface area contributed by atoms with Crippen LogP contribution in [0.3, 0.4) is 0 Å². The summed E-state index contributed by atoms with van der Waals surface area (Å²) in [6.07, 6.45) is 1.88. The zero-order valence-electron chi connectivity index (χ0n) is 20.4. The number of fused-ring (bicyclic) bond motifs is 2. The van der Waals surface area contributed by atoms with Gasteiger partial charge in [-0.25, -0.2) is 4.79 Å². The van der Waals surface area contributed by atoms with E-state index in [0.29, 0.717) is 22.4 Å². The molecule has 0 aliphatic heterocycles. The molecule has 0 aliphatic carbocycles. The number of carbonyl (C=O) groups is 1. The molecule has 2 N–H and O–H groups in total. The Morgan fingerprint density at radius 1 is 1.06 bits per heavy atom. The first kappa shape index (κ1) is 23.3. The molecular formula is C28H26N4O4. The number of aromatic carboxylic acids is 1. The average molecular weight is 483 g/mol. The van der Waals surface area contributed by atoms with Crippen LogP contribution < -0.4 is 10.7 Å². The minimum atomic E-state index is -1.02. The number of pyridine rings is 1. The Bertz CT molecular complexity index is 1680. The van der Waals surface area contributed by atoms with E-state index < -0.39 is 5.97 Å². The van der Waals surface area contributed by atoms with Gasteiger partial charge in [-0.05, 0) is 49.7 Å². The third kappa shape index (κ3) is 4.11. The van der Waals surface area contributed by atoms with Crippen LogP contribution in [0.25, 0.3) is 27.9 Å². The molecule has 8 nitrogen and oxygen atoms in total. The number of nitrogens with zero attached hydrogens (tertiary/aromatic N) is 3. The smallest absolute Gasteiger partial charge is 0.337 e. The maximum absolute atomic E-state index is 13.2. The fraction of sp³-hybridized carbons (Fsp3) is 0.214. The van der Waals surface area contributed by atoms with Crippen molar-refractivity contribution >= 4 is 28.3 Å². The van der Waals surface area contributed by atoms with Gasteiger partial charge in [0, 0.05) is 35.0 Å². The number of aryl methyl sites for hydroxylation is 1. The lowest BCUT2D eigenvalue weighted by Gasteiger charge is -2.19. The van der Waals surface area contributed by atoms with E-state index in [0.717, 1.165) is 28.2 Å². The number of carboxylic acid groups (broad SMARTS) is 1. The monoisotopic (exact) mass is 482 g/mol. The topological polar surface area (TPSA) is 110 Å². The van der Waals surface area contributed by atoms with E-state index in [1.165, 1.54) is 6.07 Å². The zero-order valence-corrected chi connectivity index (χ0v) is 20.4. The first-order chi connectivity index (χ1) is 17.2. The fourth-order valence-electron chi connectivity index (χ4n) is 4.45. The molecule has 0 spiro atoms. The van der Waals surface area contributed by atoms with Crippen LogP contribution in [0.15, 0.2) is 70.0 Å². The van der Waals surface area contributed by atoms with E-state index in [9.17, 15) is 14.7 Å². The lowest BCUT2D eigenvalue weighted by molar-refractivity contribution is 0.0698. The van der Waals surface area contributed by atoms with Crippen molar-refractivity contribution in [3.05, 3.63) is 93.5 Å². The molecular weight excluding hydrogens is 456 g/mol. The quantitative estimate of drug-likeness (QED) is 0.314. The summed E-state index contributed by atoms with van der Waals surface area (Å²) in [5, 5.41) is 21.8. The van der Waals surface area contributed by atoms with Gasteiger partial charge in [-0.3, -0.25) is 9.20 Å². The highest BCUT2D eigenvalue weighted by atomic mass is 16.4. The number of para-hydroxylation sites is 1. The molecule has 0 amide bonds. The predicted molar refractivity (Wildman–Crippen MR) is 139 cm³/mol. The number of anilines is 1. The fourth-order valence-corrected chi connectivity index (χ4v) is 4.45. The van der Waals surface area contributed by atoms with Crippen molar-refractivity contribution in [1.29, 1.82) is 0 Å². The second kappa shape index (κ2) is 8.96. The van der Waals surface area contributed by atoms with Crippen LogP contribution in [0.4, 0.5) is 5.69 Å². The van der Waals surface area contributed by atoms with Crippen LogP contribution in [0.5, 0.6) is 0 Å². The summed E-state index contributed by atoms with van der Waals surface area (Å²) in [4.78, 5) is 24.9. The van der Waals surface area contributed by atoms with E-state index >= 15 is 0 Å². The summed E-state index contributed by atoms with van der Waals surface area (Å²) >= 11 is 0. The Morgan fingerprint density at radius 3 is 2.58 bits per heavy atom. The van der Waals surface area contributed by atoms with Gasteiger partial charge in [-0.15, -0.1) is 10.2 Å². The lowest BCUT2D eigenvalue weighted by Crippen LogP contribution is -2.12. The molecule has 0 radical (unpaired) electrons. The van der Waals surface area contributed by atoms with Gasteiger partial charge in [0.05, 0.1) is 17.0 Å². The van der Waals surface area contributed by atoms with E-state index in [4.69, 9.17) is 4.42 Å². The lowest BCUT2D eigenvalue weighted by atomic mass is 10.00. The standard InChI is InChI=1S/C28H26N4O4/c1-15(2)27-31-30-25-10-9-18(14-32(25)27)24-13-23(33)21-12-16(3)11-20(26(21)36-24)17(4)29-22-8-6-5-7-19(22)28(34)35/h5-15,17,29H,1-4H3,(H,34,35)/t17-/m1/s1. The summed E-state index contributed by atoms with van der Waals surface area (Å²) in [7, 11) is 0. The number of aromatic nitrogens is 3. The van der Waals surface area contributed by atoms with Gasteiger partial charge in [0.1, 0.15) is 17.2 Å². The van der Waals surface area contributed by atoms with E-state index in [-0.39, 0.29) is 23.0 Å². The first-order valence-corrected chi connectivity index (χ1v) is 11.7. The van der Waals surface area contributed by atoms with Gasteiger partial charge in [0.2, 0.25) is 0 Å². The Balaban J connectivity index is 1.64. The van der Waals surface area contributed by atoms with Gasteiger partial charge in [-0.2, -0.15) is 0 Å². The number of hydrogen-bond donors (Lipinski definition) is 2. The Kier molecular flexibility index (Phi) is 5.80. The largest absolute Gasteiger partial charge is 0.478 e. The van der Waals surface area contributed by atoms with Crippen molar-refractivity contribution < 1.29 is 14.3 Å². The molecule has 0 unspecified atom stereocenters. The molecule has 0 saturated heterocycles. The summed E-state index contributed by atoms with van der Waals surface area (Å²) in [6.45, 7) is 7.93. The summed E-state index contributed by atoms with van der Waals surface area (Å²) < 4.78 is 8.28. The summed E-state index contributed by atoms with van der Waals surface area (Å²) in [5.74, 6) is 0.412. The Hall–Kier alpha value is -4.46. The molecule has 2 aromatic carbocycles. The van der Waals surface area contributed by atoms with Crippen LogP contribution in [0.1, 0.15) is 60.0 Å². The maximum Gasteiger partial charge on any atom is 0.337 e. The highest BCUT2D eigenvalue weighted by Gasteiger charge is 2.19. The highest BCUT2D eigenvalue weighted by molar-refractivity contribution is 5.94. The van der Waals surface area contributed by atoms with Crippen LogP contribution in [-0.4, -0.2) is 25.7 Å². The number of rotatable bonds is 6. The van der Waals surface area contributed by atoms with Crippen LogP contribution >= 0.6 is 0 Å². The highest BCUT2D eigenvalue weighted by Crippen LogP contribution is 2.31. The molecule has 0 fully saturated rings. The third-order valence-electron chi connectivity index (χ3n) is 6.23. The minimum absolute atomic E-state index is 0.151. The average Bonchev–Trinajstić information content (AvgIpc) is 3.28. The molecule has 3 heterocycles. The van der Waals surface area contributed by atoms with Crippen molar-refractivity contribution in [2.75, 3.05) is 5.32 Å². The molecule has 0 aliphatic rings. The van der Waals surface area contributed by atoms with E-state index in [1.54, 1.807) is 24.3 Å². The van der Waals surface area contributed by atoms with Gasteiger partial charge in [0.15, 0.2) is 11.1 Å². The van der Waals surface area contributed by atoms with Gasteiger partial charge in [0.25, 0.3) is 0 Å². The van der Waals surface area contributed by atoms with E-state index in [2.05, 4.69) is 15.5 Å². The predicted octanol–water partition coefficient (Wildman–Crippen LogP) is 5.81. The van der Waals surface area contributed by atoms with Crippen LogP contribution in [0, 0.1) is 6.92 Å². The normalized spacial score (nSPS) is 12.4. The second-order valence-electron chi connectivity index (χ2n) is 9.28. The molecule has 0 saturated carbocycles. The number of benzene rings is 2. The molecule has 5 aromatic rings.